The summed E-state index contributed by atoms with van der Waals surface area (Å²) in [6, 6.07) is 2.25. The molecule has 0 spiro atoms. The Kier molecular flexibility index (Phi) is 3.26. The number of alkyl halides is 1. The molecule has 2 heterocycles. The number of nitrogens with zero attached hydrogens (tertiary/aromatic N) is 3. The first-order chi connectivity index (χ1) is 7.35. The molecule has 82 valence electrons. The summed E-state index contributed by atoms with van der Waals surface area (Å²) < 4.78 is 5.07. The van der Waals surface area contributed by atoms with Gasteiger partial charge in [-0.1, -0.05) is 0 Å². The van der Waals surface area contributed by atoms with Gasteiger partial charge in [0, 0.05) is 24.5 Å². The van der Waals surface area contributed by atoms with Crippen molar-refractivity contribution in [3.05, 3.63) is 12.4 Å². The third-order valence-electron chi connectivity index (χ3n) is 2.69. The van der Waals surface area contributed by atoms with Crippen LogP contribution in [0.3, 0.4) is 0 Å². The molecule has 0 bridgehead atoms. The molecule has 1 aliphatic rings. The van der Waals surface area contributed by atoms with Gasteiger partial charge in [0.25, 0.3) is 0 Å². The average molecular weight is 228 g/mol. The second-order valence-electron chi connectivity index (χ2n) is 3.56. The van der Waals surface area contributed by atoms with Crippen LogP contribution in [0.25, 0.3) is 0 Å². The first-order valence-corrected chi connectivity index (χ1v) is 5.57. The Bertz CT molecular complexity index is 334. The maximum atomic E-state index is 5.91. The molecule has 1 unspecified atom stereocenters. The van der Waals surface area contributed by atoms with E-state index in [1.165, 1.54) is 12.7 Å². The third kappa shape index (κ3) is 2.15. The number of hydrogen-bond acceptors (Lipinski definition) is 4. The molecule has 1 aliphatic heterocycles. The van der Waals surface area contributed by atoms with Crippen molar-refractivity contribution in [2.24, 2.45) is 0 Å². The van der Waals surface area contributed by atoms with E-state index >= 15 is 0 Å². The molecule has 0 N–H and O–H groups in total. The van der Waals surface area contributed by atoms with Crippen molar-refractivity contribution in [3.8, 4) is 5.88 Å². The fourth-order valence-electron chi connectivity index (χ4n) is 1.90. The van der Waals surface area contributed by atoms with Crippen LogP contribution >= 0.6 is 11.6 Å². The van der Waals surface area contributed by atoms with Crippen molar-refractivity contribution < 1.29 is 4.74 Å². The summed E-state index contributed by atoms with van der Waals surface area (Å²) in [4.78, 5) is 10.5. The third-order valence-corrected chi connectivity index (χ3v) is 3.04. The summed E-state index contributed by atoms with van der Waals surface area (Å²) in [5.74, 6) is 2.15. The van der Waals surface area contributed by atoms with Crippen LogP contribution < -0.4 is 9.64 Å². The maximum absolute atomic E-state index is 5.91. The minimum absolute atomic E-state index is 0.395. The highest BCUT2D eigenvalue weighted by Gasteiger charge is 2.24. The number of ether oxygens (including phenoxy) is 1. The lowest BCUT2D eigenvalue weighted by Crippen LogP contribution is -2.31. The molecule has 1 atom stereocenters. The summed E-state index contributed by atoms with van der Waals surface area (Å²) in [5.41, 5.74) is 0. The number of aromatic nitrogens is 2. The number of halogens is 1. The van der Waals surface area contributed by atoms with Crippen molar-refractivity contribution in [1.29, 1.82) is 0 Å². The van der Waals surface area contributed by atoms with Gasteiger partial charge in [0.05, 0.1) is 7.11 Å². The highest BCUT2D eigenvalue weighted by molar-refractivity contribution is 6.18. The molecule has 0 aliphatic carbocycles. The maximum Gasteiger partial charge on any atom is 0.218 e. The van der Waals surface area contributed by atoms with E-state index in [0.717, 1.165) is 18.8 Å². The van der Waals surface area contributed by atoms with Gasteiger partial charge in [-0.05, 0) is 12.8 Å². The second kappa shape index (κ2) is 4.66. The Labute approximate surface area is 94.2 Å². The fourth-order valence-corrected chi connectivity index (χ4v) is 2.22. The van der Waals surface area contributed by atoms with Gasteiger partial charge in [-0.25, -0.2) is 9.97 Å². The summed E-state index contributed by atoms with van der Waals surface area (Å²) in [6.07, 6.45) is 3.83. The summed E-state index contributed by atoms with van der Waals surface area (Å²) in [7, 11) is 1.61. The van der Waals surface area contributed by atoms with E-state index in [-0.39, 0.29) is 0 Å². The Morgan fingerprint density at radius 3 is 3.20 bits per heavy atom. The topological polar surface area (TPSA) is 38.2 Å². The highest BCUT2D eigenvalue weighted by Crippen LogP contribution is 2.25. The SMILES string of the molecule is COc1cc(N2CCCC2CCl)ncn1. The molecule has 0 radical (unpaired) electrons. The molecule has 0 saturated carbocycles. The predicted molar refractivity (Wildman–Crippen MR) is 59.7 cm³/mol. The van der Waals surface area contributed by atoms with E-state index in [2.05, 4.69) is 14.9 Å². The quantitative estimate of drug-likeness (QED) is 0.737. The van der Waals surface area contributed by atoms with Crippen LogP contribution in [0.2, 0.25) is 0 Å². The minimum atomic E-state index is 0.395. The monoisotopic (exact) mass is 227 g/mol. The lowest BCUT2D eigenvalue weighted by Gasteiger charge is -2.23. The first-order valence-electron chi connectivity index (χ1n) is 5.04. The van der Waals surface area contributed by atoms with Crippen LogP contribution in [0, 0.1) is 0 Å². The average Bonchev–Trinajstić information content (AvgIpc) is 2.77. The Morgan fingerprint density at radius 1 is 1.60 bits per heavy atom. The van der Waals surface area contributed by atoms with Gasteiger partial charge in [0.1, 0.15) is 12.1 Å². The molecule has 1 aromatic rings. The van der Waals surface area contributed by atoms with Crippen LogP contribution in [-0.2, 0) is 0 Å². The van der Waals surface area contributed by atoms with Crippen LogP contribution in [0.1, 0.15) is 12.8 Å². The largest absolute Gasteiger partial charge is 0.481 e. The Morgan fingerprint density at radius 2 is 2.47 bits per heavy atom. The molecule has 2 rings (SSSR count). The number of anilines is 1. The standard InChI is InChI=1S/C10H14ClN3O/c1-15-10-5-9(12-7-13-10)14-4-2-3-8(14)6-11/h5,7-8H,2-4,6H2,1H3. The van der Waals surface area contributed by atoms with Crippen LogP contribution in [0.5, 0.6) is 5.88 Å². The molecule has 4 nitrogen and oxygen atoms in total. The summed E-state index contributed by atoms with van der Waals surface area (Å²) >= 11 is 5.91. The zero-order chi connectivity index (χ0) is 10.7. The van der Waals surface area contributed by atoms with Crippen molar-refractivity contribution in [2.75, 3.05) is 24.4 Å². The van der Waals surface area contributed by atoms with Crippen molar-refractivity contribution in [2.45, 2.75) is 18.9 Å². The second-order valence-corrected chi connectivity index (χ2v) is 3.87. The van der Waals surface area contributed by atoms with E-state index in [1.807, 2.05) is 6.07 Å². The molecule has 1 saturated heterocycles. The van der Waals surface area contributed by atoms with Gasteiger partial charge in [-0.3, -0.25) is 0 Å². The zero-order valence-corrected chi connectivity index (χ0v) is 9.44. The van der Waals surface area contributed by atoms with Crippen molar-refractivity contribution in [3.63, 3.8) is 0 Å². The lowest BCUT2D eigenvalue weighted by atomic mass is 10.2. The molecule has 1 fully saturated rings. The van der Waals surface area contributed by atoms with Gasteiger partial charge in [0.2, 0.25) is 5.88 Å². The summed E-state index contributed by atoms with van der Waals surface area (Å²) in [6.45, 7) is 1.01. The van der Waals surface area contributed by atoms with Gasteiger partial charge < -0.3 is 9.64 Å². The van der Waals surface area contributed by atoms with Gasteiger partial charge in [-0.2, -0.15) is 0 Å². The normalized spacial score (nSPS) is 20.7. The highest BCUT2D eigenvalue weighted by atomic mass is 35.5. The predicted octanol–water partition coefficient (Wildman–Crippen LogP) is 1.69. The van der Waals surface area contributed by atoms with E-state index in [0.29, 0.717) is 17.8 Å². The zero-order valence-electron chi connectivity index (χ0n) is 8.69. The minimum Gasteiger partial charge on any atom is -0.481 e. The molecular formula is C10H14ClN3O. The molecule has 0 aromatic carbocycles. The molecule has 1 aromatic heterocycles. The molecular weight excluding hydrogens is 214 g/mol. The van der Waals surface area contributed by atoms with Crippen LogP contribution in [0.4, 0.5) is 5.82 Å². The van der Waals surface area contributed by atoms with Crippen molar-refractivity contribution >= 4 is 17.4 Å². The fraction of sp³-hybridized carbons (Fsp3) is 0.600. The van der Waals surface area contributed by atoms with Gasteiger partial charge >= 0.3 is 0 Å². The lowest BCUT2D eigenvalue weighted by molar-refractivity contribution is 0.396. The Hall–Kier alpha value is -1.03. The Balaban J connectivity index is 2.20. The number of rotatable bonds is 3. The van der Waals surface area contributed by atoms with Crippen molar-refractivity contribution in [1.82, 2.24) is 9.97 Å². The molecule has 5 heteroatoms. The number of hydrogen-bond donors (Lipinski definition) is 0. The van der Waals surface area contributed by atoms with Gasteiger partial charge in [-0.15, -0.1) is 11.6 Å². The van der Waals surface area contributed by atoms with Gasteiger partial charge in [0.15, 0.2) is 0 Å². The smallest absolute Gasteiger partial charge is 0.218 e. The van der Waals surface area contributed by atoms with E-state index < -0.39 is 0 Å². The van der Waals surface area contributed by atoms with Crippen LogP contribution in [0.15, 0.2) is 12.4 Å². The van der Waals surface area contributed by atoms with E-state index in [1.54, 1.807) is 7.11 Å². The van der Waals surface area contributed by atoms with Crippen LogP contribution in [-0.4, -0.2) is 35.5 Å². The molecule has 15 heavy (non-hydrogen) atoms. The first kappa shape index (κ1) is 10.5. The van der Waals surface area contributed by atoms with E-state index in [4.69, 9.17) is 16.3 Å². The summed E-state index contributed by atoms with van der Waals surface area (Å²) in [5, 5.41) is 0. The molecule has 0 amide bonds. The number of methoxy groups -OCH3 is 1. The van der Waals surface area contributed by atoms with E-state index in [9.17, 15) is 0 Å².